The van der Waals surface area contributed by atoms with Gasteiger partial charge in [-0.25, -0.2) is 0 Å². The van der Waals surface area contributed by atoms with Crippen LogP contribution in [0.1, 0.15) is 49.8 Å². The molecule has 1 aliphatic carbocycles. The van der Waals surface area contributed by atoms with E-state index in [1.807, 2.05) is 37.3 Å². The number of benzene rings is 1. The van der Waals surface area contributed by atoms with Crippen molar-refractivity contribution < 1.29 is 14.3 Å². The van der Waals surface area contributed by atoms with Gasteiger partial charge in [-0.2, -0.15) is 0 Å². The van der Waals surface area contributed by atoms with Crippen LogP contribution in [-0.2, 0) is 11.4 Å². The van der Waals surface area contributed by atoms with Gasteiger partial charge in [-0.1, -0.05) is 12.5 Å². The predicted octanol–water partition coefficient (Wildman–Crippen LogP) is 4.21. The van der Waals surface area contributed by atoms with E-state index in [-0.39, 0.29) is 42.8 Å². The Hall–Kier alpha value is -2.02. The fourth-order valence-corrected chi connectivity index (χ4v) is 3.65. The molecule has 30 heavy (non-hydrogen) atoms. The van der Waals surface area contributed by atoms with Crippen molar-refractivity contribution in [3.8, 4) is 11.5 Å². The first kappa shape index (κ1) is 26.0. The van der Waals surface area contributed by atoms with Gasteiger partial charge in [0.15, 0.2) is 11.5 Å². The zero-order valence-electron chi connectivity index (χ0n) is 17.4. The maximum atomic E-state index is 12.4. The highest BCUT2D eigenvalue weighted by Gasteiger charge is 2.26. The molecule has 1 aliphatic rings. The minimum Gasteiger partial charge on any atom is -0.493 e. The number of rotatable bonds is 8. The molecule has 166 valence electrons. The molecule has 8 heteroatoms. The summed E-state index contributed by atoms with van der Waals surface area (Å²) in [6.07, 6.45) is 7.15. The Bertz CT molecular complexity index is 792. The van der Waals surface area contributed by atoms with Crippen LogP contribution >= 0.6 is 24.8 Å². The normalized spacial score (nSPS) is 18.5. The Morgan fingerprint density at radius 3 is 2.57 bits per heavy atom. The number of nitrogens with one attached hydrogen (secondary N) is 1. The van der Waals surface area contributed by atoms with Gasteiger partial charge in [-0.15, -0.1) is 24.8 Å². The number of aromatic nitrogens is 1. The largest absolute Gasteiger partial charge is 0.493 e. The number of nitrogens with zero attached hydrogens (tertiary/aromatic N) is 1. The average Bonchev–Trinajstić information content (AvgIpc) is 3.11. The molecule has 0 radical (unpaired) electrons. The number of ether oxygens (including phenoxy) is 2. The highest BCUT2D eigenvalue weighted by molar-refractivity contribution is 5.85. The van der Waals surface area contributed by atoms with Crippen LogP contribution in [0.25, 0.3) is 0 Å². The predicted molar refractivity (Wildman–Crippen MR) is 123 cm³/mol. The van der Waals surface area contributed by atoms with E-state index in [1.165, 1.54) is 0 Å². The van der Waals surface area contributed by atoms with Gasteiger partial charge in [-0.3, -0.25) is 9.78 Å². The summed E-state index contributed by atoms with van der Waals surface area (Å²) in [4.78, 5) is 16.4. The van der Waals surface area contributed by atoms with Crippen LogP contribution in [0.15, 0.2) is 42.7 Å². The number of pyridine rings is 1. The van der Waals surface area contributed by atoms with Crippen LogP contribution in [0.3, 0.4) is 0 Å². The minimum absolute atomic E-state index is 0. The first-order chi connectivity index (χ1) is 13.6. The number of halogens is 2. The third-order valence-electron chi connectivity index (χ3n) is 5.37. The first-order valence-electron chi connectivity index (χ1n) is 9.81. The van der Waals surface area contributed by atoms with Crippen molar-refractivity contribution in [2.75, 3.05) is 7.11 Å². The lowest BCUT2D eigenvalue weighted by Crippen LogP contribution is -2.32. The topological polar surface area (TPSA) is 86.5 Å². The van der Waals surface area contributed by atoms with Crippen LogP contribution in [0.2, 0.25) is 0 Å². The van der Waals surface area contributed by atoms with Crippen molar-refractivity contribution in [2.24, 2.45) is 11.7 Å². The summed E-state index contributed by atoms with van der Waals surface area (Å²) in [6.45, 7) is 2.41. The molecule has 1 unspecified atom stereocenters. The maximum Gasteiger partial charge on any atom is 0.220 e. The van der Waals surface area contributed by atoms with Crippen LogP contribution < -0.4 is 20.5 Å². The molecule has 0 bridgehead atoms. The van der Waals surface area contributed by atoms with Crippen LogP contribution in [-0.4, -0.2) is 24.0 Å². The molecule has 1 heterocycles. The molecule has 0 saturated heterocycles. The quantitative estimate of drug-likeness (QED) is 0.622. The molecule has 0 spiro atoms. The molecule has 3 N–H and O–H groups in total. The van der Waals surface area contributed by atoms with Gasteiger partial charge in [0, 0.05) is 24.9 Å². The number of hydrogen-bond donors (Lipinski definition) is 2. The van der Waals surface area contributed by atoms with Crippen molar-refractivity contribution in [3.63, 3.8) is 0 Å². The number of carbonyl (C=O) groups is 1. The Kier molecular flexibility index (Phi) is 10.9. The standard InChI is InChI=1S/C22H29N3O3.2ClH/c1-15(25-22(26)13-18-4-3-5-19(18)23)17-6-7-20(21(12-17)27-2)28-14-16-8-10-24-11-9-16;;/h6-12,15,18-19H,3-5,13-14,23H2,1-2H3,(H,25,26);2*1H/t15?,18-,19+;;/m0../s1. The van der Waals surface area contributed by atoms with E-state index in [2.05, 4.69) is 10.3 Å². The van der Waals surface area contributed by atoms with Crippen LogP contribution in [0.5, 0.6) is 11.5 Å². The summed E-state index contributed by atoms with van der Waals surface area (Å²) in [5.41, 5.74) is 8.08. The lowest BCUT2D eigenvalue weighted by molar-refractivity contribution is -0.122. The highest BCUT2D eigenvalue weighted by Crippen LogP contribution is 2.31. The van der Waals surface area contributed by atoms with Crippen LogP contribution in [0, 0.1) is 5.92 Å². The Balaban J connectivity index is 0.00000225. The fourth-order valence-electron chi connectivity index (χ4n) is 3.65. The Labute approximate surface area is 190 Å². The summed E-state index contributed by atoms with van der Waals surface area (Å²) >= 11 is 0. The van der Waals surface area contributed by atoms with Crippen molar-refractivity contribution >= 4 is 30.7 Å². The molecule has 1 aromatic heterocycles. The number of nitrogens with two attached hydrogens (primary N) is 1. The lowest BCUT2D eigenvalue weighted by atomic mass is 9.99. The van der Waals surface area contributed by atoms with E-state index in [4.69, 9.17) is 15.2 Å². The minimum atomic E-state index is -0.117. The number of hydrogen-bond acceptors (Lipinski definition) is 5. The van der Waals surface area contributed by atoms with E-state index in [9.17, 15) is 4.79 Å². The molecule has 1 saturated carbocycles. The Morgan fingerprint density at radius 1 is 1.20 bits per heavy atom. The molecular formula is C22H31Cl2N3O3. The lowest BCUT2D eigenvalue weighted by Gasteiger charge is -2.19. The van der Waals surface area contributed by atoms with E-state index >= 15 is 0 Å². The van der Waals surface area contributed by atoms with Gasteiger partial charge in [0.25, 0.3) is 0 Å². The number of carbonyl (C=O) groups excluding carboxylic acids is 1. The van der Waals surface area contributed by atoms with Crippen molar-refractivity contribution in [1.29, 1.82) is 0 Å². The molecule has 6 nitrogen and oxygen atoms in total. The van der Waals surface area contributed by atoms with E-state index in [0.717, 1.165) is 30.4 Å². The van der Waals surface area contributed by atoms with Gasteiger partial charge < -0.3 is 20.5 Å². The monoisotopic (exact) mass is 455 g/mol. The maximum absolute atomic E-state index is 12.4. The third kappa shape index (κ3) is 7.04. The number of amides is 1. The highest BCUT2D eigenvalue weighted by atomic mass is 35.5. The summed E-state index contributed by atoms with van der Waals surface area (Å²) in [7, 11) is 1.61. The smallest absolute Gasteiger partial charge is 0.220 e. The molecule has 1 amide bonds. The molecule has 3 rings (SSSR count). The van der Waals surface area contributed by atoms with Crippen molar-refractivity contribution in [3.05, 3.63) is 53.9 Å². The molecular weight excluding hydrogens is 425 g/mol. The molecule has 0 aliphatic heterocycles. The molecule has 1 aromatic carbocycles. The summed E-state index contributed by atoms with van der Waals surface area (Å²) < 4.78 is 11.4. The Morgan fingerprint density at radius 2 is 1.93 bits per heavy atom. The molecule has 3 atom stereocenters. The van der Waals surface area contributed by atoms with Gasteiger partial charge in [0.2, 0.25) is 5.91 Å². The van der Waals surface area contributed by atoms with Gasteiger partial charge in [0.1, 0.15) is 6.61 Å². The van der Waals surface area contributed by atoms with Gasteiger partial charge >= 0.3 is 0 Å². The van der Waals surface area contributed by atoms with Gasteiger partial charge in [-0.05, 0) is 61.1 Å². The SMILES string of the molecule is COc1cc(C(C)NC(=O)C[C@@H]2CCC[C@H]2N)ccc1OCc1ccncc1.Cl.Cl. The van der Waals surface area contributed by atoms with E-state index in [0.29, 0.717) is 30.4 Å². The fraction of sp³-hybridized carbons (Fsp3) is 0.455. The molecule has 2 aromatic rings. The summed E-state index contributed by atoms with van der Waals surface area (Å²) in [5.74, 6) is 1.65. The van der Waals surface area contributed by atoms with Crippen LogP contribution in [0.4, 0.5) is 0 Å². The summed E-state index contributed by atoms with van der Waals surface area (Å²) in [5, 5.41) is 3.07. The summed E-state index contributed by atoms with van der Waals surface area (Å²) in [6, 6.07) is 9.60. The second-order valence-corrected chi connectivity index (χ2v) is 7.40. The second-order valence-electron chi connectivity index (χ2n) is 7.40. The van der Waals surface area contributed by atoms with Crippen molar-refractivity contribution in [1.82, 2.24) is 10.3 Å². The third-order valence-corrected chi connectivity index (χ3v) is 5.37. The zero-order valence-corrected chi connectivity index (χ0v) is 19.0. The zero-order chi connectivity index (χ0) is 19.9. The van der Waals surface area contributed by atoms with E-state index in [1.54, 1.807) is 19.5 Å². The van der Waals surface area contributed by atoms with E-state index < -0.39 is 0 Å². The first-order valence-corrected chi connectivity index (χ1v) is 9.81. The van der Waals surface area contributed by atoms with Crippen molar-refractivity contribution in [2.45, 2.75) is 51.3 Å². The molecule has 1 fully saturated rings. The number of methoxy groups -OCH3 is 1. The average molecular weight is 456 g/mol. The van der Waals surface area contributed by atoms with Gasteiger partial charge in [0.05, 0.1) is 13.2 Å². The second kappa shape index (κ2) is 12.6.